The molecular weight excluding hydrogens is 362 g/mol. The average Bonchev–Trinajstić information content (AvgIpc) is 2.77. The molecule has 0 radical (unpaired) electrons. The van der Waals surface area contributed by atoms with E-state index < -0.39 is 0 Å². The molecule has 0 heterocycles. The van der Waals surface area contributed by atoms with Gasteiger partial charge in [-0.1, -0.05) is 54.6 Å². The number of aryl methyl sites for hydroxylation is 1. The Morgan fingerprint density at radius 3 is 2.45 bits per heavy atom. The summed E-state index contributed by atoms with van der Waals surface area (Å²) >= 11 is 0. The van der Waals surface area contributed by atoms with Crippen LogP contribution in [0.15, 0.2) is 78.9 Å². The van der Waals surface area contributed by atoms with Crippen molar-refractivity contribution in [2.45, 2.75) is 19.4 Å². The van der Waals surface area contributed by atoms with Crippen molar-refractivity contribution in [2.24, 2.45) is 0 Å². The van der Waals surface area contributed by atoms with Gasteiger partial charge in [0, 0.05) is 31.0 Å². The van der Waals surface area contributed by atoms with E-state index in [2.05, 4.69) is 35.6 Å². The van der Waals surface area contributed by atoms with E-state index >= 15 is 0 Å². The Hall–Kier alpha value is -2.98. The lowest BCUT2D eigenvalue weighted by atomic mass is 10.1. The first kappa shape index (κ1) is 20.7. The fourth-order valence-electron chi connectivity index (χ4n) is 3.03. The lowest BCUT2D eigenvalue weighted by molar-refractivity contribution is 0.146. The number of benzene rings is 3. The first-order valence-electron chi connectivity index (χ1n) is 10.1. The number of methoxy groups -OCH3 is 1. The van der Waals surface area contributed by atoms with Crippen LogP contribution in [0.3, 0.4) is 0 Å². The van der Waals surface area contributed by atoms with Crippen molar-refractivity contribution in [3.05, 3.63) is 90.0 Å². The topological polar surface area (TPSA) is 39.7 Å². The molecule has 0 saturated carbocycles. The van der Waals surface area contributed by atoms with Gasteiger partial charge in [0.25, 0.3) is 0 Å². The lowest BCUT2D eigenvalue weighted by Crippen LogP contribution is -2.08. The third-order valence-corrected chi connectivity index (χ3v) is 4.56. The highest BCUT2D eigenvalue weighted by atomic mass is 16.5. The molecule has 4 heteroatoms. The molecule has 0 spiro atoms. The van der Waals surface area contributed by atoms with Crippen LogP contribution in [0.5, 0.6) is 11.5 Å². The van der Waals surface area contributed by atoms with Crippen LogP contribution >= 0.6 is 0 Å². The normalized spacial score (nSPS) is 10.5. The van der Waals surface area contributed by atoms with Crippen molar-refractivity contribution >= 4 is 5.69 Å². The minimum Gasteiger partial charge on any atom is -0.494 e. The molecule has 0 aromatic heterocycles. The molecule has 0 aliphatic rings. The van der Waals surface area contributed by atoms with Gasteiger partial charge < -0.3 is 19.5 Å². The molecule has 0 fully saturated rings. The van der Waals surface area contributed by atoms with Gasteiger partial charge in [-0.3, -0.25) is 0 Å². The molecule has 0 aliphatic carbocycles. The molecular formula is C25H29NO3. The third kappa shape index (κ3) is 7.16. The van der Waals surface area contributed by atoms with Crippen LogP contribution < -0.4 is 14.8 Å². The predicted octanol–water partition coefficient (Wildman–Crippen LogP) is 5.34. The molecule has 29 heavy (non-hydrogen) atoms. The van der Waals surface area contributed by atoms with E-state index in [-0.39, 0.29) is 0 Å². The number of para-hydroxylation sites is 1. The van der Waals surface area contributed by atoms with Crippen molar-refractivity contribution < 1.29 is 14.2 Å². The molecule has 0 amide bonds. The maximum absolute atomic E-state index is 5.93. The zero-order chi connectivity index (χ0) is 20.2. The van der Waals surface area contributed by atoms with Gasteiger partial charge in [0.15, 0.2) is 0 Å². The van der Waals surface area contributed by atoms with E-state index in [0.717, 1.165) is 35.6 Å². The van der Waals surface area contributed by atoms with E-state index in [1.807, 2.05) is 48.5 Å². The van der Waals surface area contributed by atoms with Gasteiger partial charge in [-0.2, -0.15) is 0 Å². The first-order chi connectivity index (χ1) is 14.3. The summed E-state index contributed by atoms with van der Waals surface area (Å²) in [4.78, 5) is 0. The summed E-state index contributed by atoms with van der Waals surface area (Å²) in [5, 5.41) is 3.46. The molecule has 3 rings (SSSR count). The molecule has 3 aromatic carbocycles. The van der Waals surface area contributed by atoms with E-state index in [1.54, 1.807) is 7.11 Å². The highest BCUT2D eigenvalue weighted by Crippen LogP contribution is 2.22. The van der Waals surface area contributed by atoms with Gasteiger partial charge in [-0.05, 0) is 36.6 Å². The van der Waals surface area contributed by atoms with Gasteiger partial charge in [0.05, 0.1) is 13.2 Å². The quantitative estimate of drug-likeness (QED) is 0.423. The molecule has 0 bridgehead atoms. The molecule has 1 N–H and O–H groups in total. The highest BCUT2D eigenvalue weighted by Gasteiger charge is 2.04. The Balaban J connectivity index is 1.47. The largest absolute Gasteiger partial charge is 0.494 e. The SMILES string of the molecule is COCCOc1ccccc1CNc1cccc(OCCCc2ccccc2)c1. The molecule has 0 unspecified atom stereocenters. The van der Waals surface area contributed by atoms with E-state index in [9.17, 15) is 0 Å². The van der Waals surface area contributed by atoms with Gasteiger partial charge in [-0.15, -0.1) is 0 Å². The Kier molecular flexibility index (Phi) is 8.42. The molecule has 0 atom stereocenters. The minimum atomic E-state index is 0.541. The Labute approximate surface area is 173 Å². The summed E-state index contributed by atoms with van der Waals surface area (Å²) in [6.07, 6.45) is 2.02. The van der Waals surface area contributed by atoms with Gasteiger partial charge in [-0.25, -0.2) is 0 Å². The molecule has 152 valence electrons. The number of nitrogens with one attached hydrogen (secondary N) is 1. The Bertz CT molecular complexity index is 851. The molecule has 4 nitrogen and oxygen atoms in total. The van der Waals surface area contributed by atoms with Gasteiger partial charge in [0.1, 0.15) is 18.1 Å². The first-order valence-corrected chi connectivity index (χ1v) is 10.1. The van der Waals surface area contributed by atoms with Crippen LogP contribution in [0, 0.1) is 0 Å². The Morgan fingerprint density at radius 1 is 0.759 bits per heavy atom. The summed E-state index contributed by atoms with van der Waals surface area (Å²) in [7, 11) is 1.67. The van der Waals surface area contributed by atoms with Crippen LogP contribution in [-0.2, 0) is 17.7 Å². The number of ether oxygens (including phenoxy) is 3. The smallest absolute Gasteiger partial charge is 0.124 e. The molecule has 0 aliphatic heterocycles. The van der Waals surface area contributed by atoms with Crippen molar-refractivity contribution in [3.8, 4) is 11.5 Å². The summed E-state index contributed by atoms with van der Waals surface area (Å²) in [6, 6.07) is 26.6. The van der Waals surface area contributed by atoms with Crippen LogP contribution in [0.1, 0.15) is 17.5 Å². The Morgan fingerprint density at radius 2 is 1.59 bits per heavy atom. The second-order valence-electron chi connectivity index (χ2n) is 6.77. The predicted molar refractivity (Wildman–Crippen MR) is 118 cm³/mol. The van der Waals surface area contributed by atoms with Crippen molar-refractivity contribution in [3.63, 3.8) is 0 Å². The minimum absolute atomic E-state index is 0.541. The summed E-state index contributed by atoms with van der Waals surface area (Å²) in [6.45, 7) is 2.50. The number of anilines is 1. The zero-order valence-corrected chi connectivity index (χ0v) is 17.0. The second-order valence-corrected chi connectivity index (χ2v) is 6.77. The average molecular weight is 392 g/mol. The van der Waals surface area contributed by atoms with Crippen molar-refractivity contribution in [1.82, 2.24) is 0 Å². The summed E-state index contributed by atoms with van der Waals surface area (Å²) in [5.41, 5.74) is 3.48. The lowest BCUT2D eigenvalue weighted by Gasteiger charge is -2.13. The molecule has 0 saturated heterocycles. The second kappa shape index (κ2) is 11.8. The number of rotatable bonds is 12. The van der Waals surface area contributed by atoms with E-state index in [1.165, 1.54) is 5.56 Å². The highest BCUT2D eigenvalue weighted by molar-refractivity contribution is 5.49. The van der Waals surface area contributed by atoms with Crippen molar-refractivity contribution in [2.75, 3.05) is 32.2 Å². The summed E-state index contributed by atoms with van der Waals surface area (Å²) in [5.74, 6) is 1.76. The van der Waals surface area contributed by atoms with Crippen LogP contribution in [-0.4, -0.2) is 26.9 Å². The van der Waals surface area contributed by atoms with Crippen LogP contribution in [0.2, 0.25) is 0 Å². The maximum atomic E-state index is 5.93. The molecule has 3 aromatic rings. The standard InChI is InChI=1S/C25H29NO3/c1-27-17-18-29-25-15-6-5-12-22(25)20-26-23-13-7-14-24(19-23)28-16-8-11-21-9-3-2-4-10-21/h2-7,9-10,12-15,19,26H,8,11,16-18,20H2,1H3. The van der Waals surface area contributed by atoms with E-state index in [0.29, 0.717) is 26.4 Å². The summed E-state index contributed by atoms with van der Waals surface area (Å²) < 4.78 is 16.8. The zero-order valence-electron chi connectivity index (χ0n) is 17.0. The van der Waals surface area contributed by atoms with Gasteiger partial charge in [0.2, 0.25) is 0 Å². The number of hydrogen-bond donors (Lipinski definition) is 1. The number of hydrogen-bond acceptors (Lipinski definition) is 4. The van der Waals surface area contributed by atoms with Crippen molar-refractivity contribution in [1.29, 1.82) is 0 Å². The van der Waals surface area contributed by atoms with E-state index in [4.69, 9.17) is 14.2 Å². The fourth-order valence-corrected chi connectivity index (χ4v) is 3.03. The monoisotopic (exact) mass is 391 g/mol. The van der Waals surface area contributed by atoms with Crippen LogP contribution in [0.4, 0.5) is 5.69 Å². The fraction of sp³-hybridized carbons (Fsp3) is 0.280. The van der Waals surface area contributed by atoms with Crippen LogP contribution in [0.25, 0.3) is 0 Å². The van der Waals surface area contributed by atoms with Gasteiger partial charge >= 0.3 is 0 Å². The maximum Gasteiger partial charge on any atom is 0.124 e. The third-order valence-electron chi connectivity index (χ3n) is 4.56.